The smallest absolute Gasteiger partial charge is 0.307 e. The number of hydrogen-bond donors (Lipinski definition) is 1. The summed E-state index contributed by atoms with van der Waals surface area (Å²) in [5, 5.41) is 8.83. The van der Waals surface area contributed by atoms with Crippen LogP contribution in [0.5, 0.6) is 0 Å². The van der Waals surface area contributed by atoms with Gasteiger partial charge in [0, 0.05) is 11.3 Å². The average molecular weight is 263 g/mol. The normalized spacial score (nSPS) is 11.4. The summed E-state index contributed by atoms with van der Waals surface area (Å²) >= 11 is 5.92. The molecule has 0 atom stereocenters. The molecule has 0 radical (unpaired) electrons. The summed E-state index contributed by atoms with van der Waals surface area (Å²) in [4.78, 5) is 10.7. The van der Waals surface area contributed by atoms with Crippen LogP contribution < -0.4 is 0 Å². The molecule has 4 nitrogen and oxygen atoms in total. The lowest BCUT2D eigenvalue weighted by Gasteiger charge is -2.09. The van der Waals surface area contributed by atoms with Gasteiger partial charge in [0.25, 0.3) is 0 Å². The van der Waals surface area contributed by atoms with E-state index in [1.54, 1.807) is 6.92 Å². The van der Waals surface area contributed by atoms with Gasteiger partial charge in [0.1, 0.15) is 0 Å². The summed E-state index contributed by atoms with van der Waals surface area (Å²) < 4.78 is 22.7. The quantitative estimate of drug-likeness (QED) is 0.900. The number of hydrogen-bond acceptors (Lipinski definition) is 3. The molecule has 0 aromatic heterocycles. The molecule has 0 heterocycles. The van der Waals surface area contributed by atoms with Crippen LogP contribution in [0.4, 0.5) is 0 Å². The molecule has 0 fully saturated rings. The first-order valence-electron chi connectivity index (χ1n) is 4.43. The lowest BCUT2D eigenvalue weighted by Crippen LogP contribution is -2.05. The van der Waals surface area contributed by atoms with Gasteiger partial charge >= 0.3 is 5.97 Å². The van der Waals surface area contributed by atoms with Crippen LogP contribution in [0.2, 0.25) is 5.02 Å². The molecule has 6 heteroatoms. The molecule has 0 aliphatic carbocycles. The van der Waals surface area contributed by atoms with E-state index in [9.17, 15) is 13.2 Å². The summed E-state index contributed by atoms with van der Waals surface area (Å²) in [6.07, 6.45) is 0.867. The molecule has 0 aliphatic heterocycles. The fourth-order valence-corrected chi connectivity index (χ4v) is 2.69. The monoisotopic (exact) mass is 262 g/mol. The summed E-state index contributed by atoms with van der Waals surface area (Å²) in [5.74, 6) is -1.01. The highest BCUT2D eigenvalue weighted by atomic mass is 35.5. The third-order valence-corrected chi connectivity index (χ3v) is 3.93. The molecule has 0 saturated heterocycles. The number of carboxylic acid groups (broad SMARTS) is 1. The van der Waals surface area contributed by atoms with Gasteiger partial charge in [0.05, 0.1) is 11.3 Å². The van der Waals surface area contributed by atoms with E-state index >= 15 is 0 Å². The Morgan fingerprint density at radius 1 is 1.44 bits per heavy atom. The van der Waals surface area contributed by atoms with Crippen molar-refractivity contribution in [3.05, 3.63) is 28.3 Å². The van der Waals surface area contributed by atoms with Crippen LogP contribution in [0.15, 0.2) is 17.0 Å². The van der Waals surface area contributed by atoms with Crippen LogP contribution in [0.25, 0.3) is 0 Å². The zero-order chi connectivity index (χ0) is 12.5. The van der Waals surface area contributed by atoms with Gasteiger partial charge in [-0.05, 0) is 24.1 Å². The molecule has 1 aromatic rings. The van der Waals surface area contributed by atoms with Crippen molar-refractivity contribution in [1.82, 2.24) is 0 Å². The average Bonchev–Trinajstić information content (AvgIpc) is 2.10. The molecule has 1 N–H and O–H groups in total. The highest BCUT2D eigenvalue weighted by Crippen LogP contribution is 2.27. The van der Waals surface area contributed by atoms with E-state index in [1.165, 1.54) is 12.1 Å². The van der Waals surface area contributed by atoms with Crippen LogP contribution in [0, 0.1) is 6.92 Å². The van der Waals surface area contributed by atoms with E-state index in [0.29, 0.717) is 11.1 Å². The zero-order valence-electron chi connectivity index (χ0n) is 8.82. The van der Waals surface area contributed by atoms with Gasteiger partial charge in [-0.25, -0.2) is 8.42 Å². The standard InChI is InChI=1S/C10H11ClO4S/c1-6-8(16(2,14)15)4-3-7(10(6)11)5-9(12)13/h3-4H,5H2,1-2H3,(H,12,13). The van der Waals surface area contributed by atoms with Crippen molar-refractivity contribution < 1.29 is 18.3 Å². The van der Waals surface area contributed by atoms with E-state index in [4.69, 9.17) is 16.7 Å². The molecule has 1 aromatic carbocycles. The van der Waals surface area contributed by atoms with Gasteiger partial charge in [-0.15, -0.1) is 0 Å². The van der Waals surface area contributed by atoms with Crippen LogP contribution in [0.3, 0.4) is 0 Å². The lowest BCUT2D eigenvalue weighted by atomic mass is 10.1. The second-order valence-electron chi connectivity index (χ2n) is 3.50. The molecule has 0 spiro atoms. The number of sulfone groups is 1. The minimum absolute atomic E-state index is 0.131. The zero-order valence-corrected chi connectivity index (χ0v) is 10.4. The Kier molecular flexibility index (Phi) is 3.60. The van der Waals surface area contributed by atoms with Crippen molar-refractivity contribution >= 4 is 27.4 Å². The number of benzene rings is 1. The van der Waals surface area contributed by atoms with Crippen LogP contribution in [-0.2, 0) is 21.1 Å². The van der Waals surface area contributed by atoms with Gasteiger partial charge in [-0.1, -0.05) is 17.7 Å². The van der Waals surface area contributed by atoms with Crippen molar-refractivity contribution in [1.29, 1.82) is 0 Å². The molecule has 0 bridgehead atoms. The summed E-state index contributed by atoms with van der Waals surface area (Å²) in [6, 6.07) is 2.81. The SMILES string of the molecule is Cc1c(S(C)(=O)=O)ccc(CC(=O)O)c1Cl. The van der Waals surface area contributed by atoms with E-state index < -0.39 is 15.8 Å². The Bertz CT molecular complexity index is 534. The Labute approximate surface area is 98.8 Å². The van der Waals surface area contributed by atoms with E-state index in [-0.39, 0.29) is 16.3 Å². The van der Waals surface area contributed by atoms with E-state index in [2.05, 4.69) is 0 Å². The number of rotatable bonds is 3. The first-order valence-corrected chi connectivity index (χ1v) is 6.70. The molecular formula is C10H11ClO4S. The molecule has 1 rings (SSSR count). The van der Waals surface area contributed by atoms with Crippen LogP contribution in [-0.4, -0.2) is 25.7 Å². The van der Waals surface area contributed by atoms with Gasteiger partial charge in [-0.2, -0.15) is 0 Å². The topological polar surface area (TPSA) is 71.4 Å². The largest absolute Gasteiger partial charge is 0.481 e. The first kappa shape index (κ1) is 13.0. The van der Waals surface area contributed by atoms with Gasteiger partial charge in [0.2, 0.25) is 0 Å². The predicted molar refractivity (Wildman–Crippen MR) is 60.6 cm³/mol. The Morgan fingerprint density at radius 3 is 2.44 bits per heavy atom. The number of carboxylic acids is 1. The molecular weight excluding hydrogens is 252 g/mol. The van der Waals surface area contributed by atoms with E-state index in [0.717, 1.165) is 6.26 Å². The molecule has 88 valence electrons. The number of halogens is 1. The Morgan fingerprint density at radius 2 is 2.00 bits per heavy atom. The summed E-state index contributed by atoms with van der Waals surface area (Å²) in [7, 11) is -3.33. The number of aliphatic carboxylic acids is 1. The maximum Gasteiger partial charge on any atom is 0.307 e. The fraction of sp³-hybridized carbons (Fsp3) is 0.300. The number of carbonyl (C=O) groups is 1. The maximum atomic E-state index is 11.4. The summed E-state index contributed by atoms with van der Waals surface area (Å²) in [6.45, 7) is 1.56. The second-order valence-corrected chi connectivity index (χ2v) is 5.87. The van der Waals surface area contributed by atoms with Crippen LogP contribution >= 0.6 is 11.6 Å². The highest BCUT2D eigenvalue weighted by Gasteiger charge is 2.16. The van der Waals surface area contributed by atoms with Gasteiger partial charge < -0.3 is 5.11 Å². The first-order chi connectivity index (χ1) is 7.23. The fourth-order valence-electron chi connectivity index (χ4n) is 1.42. The maximum absolute atomic E-state index is 11.4. The second kappa shape index (κ2) is 4.43. The third kappa shape index (κ3) is 2.74. The lowest BCUT2D eigenvalue weighted by molar-refractivity contribution is -0.136. The minimum Gasteiger partial charge on any atom is -0.481 e. The highest BCUT2D eigenvalue weighted by molar-refractivity contribution is 7.90. The predicted octanol–water partition coefficient (Wildman–Crippen LogP) is 1.68. The van der Waals surface area contributed by atoms with Crippen molar-refractivity contribution in [3.8, 4) is 0 Å². The van der Waals surface area contributed by atoms with Crippen LogP contribution in [0.1, 0.15) is 11.1 Å². The minimum atomic E-state index is -3.33. The van der Waals surface area contributed by atoms with Crippen molar-refractivity contribution in [2.24, 2.45) is 0 Å². The molecule has 0 saturated carbocycles. The third-order valence-electron chi connectivity index (χ3n) is 2.16. The molecule has 0 aliphatic rings. The van der Waals surface area contributed by atoms with Crippen molar-refractivity contribution in [2.75, 3.05) is 6.26 Å². The Hall–Kier alpha value is -1.07. The Balaban J connectivity index is 3.35. The molecule has 0 amide bonds. The van der Waals surface area contributed by atoms with Crippen molar-refractivity contribution in [3.63, 3.8) is 0 Å². The molecule has 16 heavy (non-hydrogen) atoms. The van der Waals surface area contributed by atoms with Crippen molar-refractivity contribution in [2.45, 2.75) is 18.2 Å². The van der Waals surface area contributed by atoms with Gasteiger partial charge in [-0.3, -0.25) is 4.79 Å². The van der Waals surface area contributed by atoms with Gasteiger partial charge in [0.15, 0.2) is 9.84 Å². The summed E-state index contributed by atoms with van der Waals surface area (Å²) in [5.41, 5.74) is 0.807. The van der Waals surface area contributed by atoms with E-state index in [1.807, 2.05) is 0 Å². The molecule has 0 unspecified atom stereocenters.